The molecule has 1 saturated carbocycles. The molecule has 0 aromatic heterocycles. The molecule has 9 nitrogen and oxygen atoms in total. The first kappa shape index (κ1) is 19.3. The first-order valence-corrected chi connectivity index (χ1v) is 9.73. The van der Waals surface area contributed by atoms with E-state index in [1.54, 1.807) is 12.1 Å². The van der Waals surface area contributed by atoms with Gasteiger partial charge in [-0.05, 0) is 25.0 Å². The third-order valence-electron chi connectivity index (χ3n) is 4.18. The van der Waals surface area contributed by atoms with E-state index in [-0.39, 0.29) is 41.2 Å². The van der Waals surface area contributed by atoms with Crippen LogP contribution in [0, 0.1) is 0 Å². The minimum Gasteiger partial charge on any atom is -0.466 e. The summed E-state index contributed by atoms with van der Waals surface area (Å²) in [5, 5.41) is 0. The first-order valence-electron chi connectivity index (χ1n) is 8.25. The summed E-state index contributed by atoms with van der Waals surface area (Å²) in [5.74, 6) is -1.54. The molecule has 1 heterocycles. The zero-order chi connectivity index (χ0) is 19.6. The molecule has 1 aliphatic carbocycles. The lowest BCUT2D eigenvalue weighted by molar-refractivity contribution is -0.140. The molecular weight excluding hydrogens is 376 g/mol. The van der Waals surface area contributed by atoms with Crippen molar-refractivity contribution in [2.45, 2.75) is 23.8 Å². The molecule has 1 aliphatic heterocycles. The Morgan fingerprint density at radius 3 is 2.44 bits per heavy atom. The number of nitrogens with zero attached hydrogens (tertiary/aromatic N) is 1. The van der Waals surface area contributed by atoms with Crippen LogP contribution in [0.3, 0.4) is 0 Å². The molecule has 146 valence electrons. The maximum atomic E-state index is 12.8. The highest BCUT2D eigenvalue weighted by atomic mass is 32.2. The number of esters is 2. The van der Waals surface area contributed by atoms with Crippen LogP contribution in [0.1, 0.15) is 12.8 Å². The van der Waals surface area contributed by atoms with E-state index in [2.05, 4.69) is 4.72 Å². The first-order chi connectivity index (χ1) is 12.9. The summed E-state index contributed by atoms with van der Waals surface area (Å²) in [5.41, 5.74) is 0.0507. The fraction of sp³-hybridized carbons (Fsp3) is 0.412. The van der Waals surface area contributed by atoms with Crippen molar-refractivity contribution in [3.05, 3.63) is 35.5 Å². The van der Waals surface area contributed by atoms with Crippen LogP contribution in [-0.4, -0.2) is 54.0 Å². The standard InChI is InChI=1S/C17H20N2O7S/c1-24-16(20)12-9-26-10-19(15(12)17(21)25-2)13-5-3-4-6-14(13)27(22,23)18-11-7-8-11/h3-6,11,18H,7-10H2,1-2H3. The molecular formula is C17H20N2O7S. The van der Waals surface area contributed by atoms with Gasteiger partial charge in [-0.2, -0.15) is 0 Å². The van der Waals surface area contributed by atoms with Crippen molar-refractivity contribution in [3.63, 3.8) is 0 Å². The summed E-state index contributed by atoms with van der Waals surface area (Å²) in [4.78, 5) is 25.8. The van der Waals surface area contributed by atoms with E-state index >= 15 is 0 Å². The summed E-state index contributed by atoms with van der Waals surface area (Å²) in [6.45, 7) is -0.274. The van der Waals surface area contributed by atoms with Crippen LogP contribution in [0.5, 0.6) is 0 Å². The fourth-order valence-electron chi connectivity index (χ4n) is 2.73. The van der Waals surface area contributed by atoms with Crippen molar-refractivity contribution in [2.75, 3.05) is 32.5 Å². The maximum absolute atomic E-state index is 12.8. The van der Waals surface area contributed by atoms with Gasteiger partial charge in [0.25, 0.3) is 0 Å². The van der Waals surface area contributed by atoms with Gasteiger partial charge in [-0.15, -0.1) is 0 Å². The van der Waals surface area contributed by atoms with Gasteiger partial charge < -0.3 is 19.1 Å². The Labute approximate surface area is 156 Å². The van der Waals surface area contributed by atoms with Crippen molar-refractivity contribution in [2.24, 2.45) is 0 Å². The molecule has 10 heteroatoms. The number of ether oxygens (including phenoxy) is 3. The van der Waals surface area contributed by atoms with Crippen LogP contribution in [0.15, 0.2) is 40.4 Å². The number of carbonyl (C=O) groups is 2. The second kappa shape index (κ2) is 7.67. The molecule has 1 N–H and O–H groups in total. The Kier molecular flexibility index (Phi) is 5.49. The van der Waals surface area contributed by atoms with E-state index in [0.717, 1.165) is 12.8 Å². The number of carbonyl (C=O) groups excluding carboxylic acids is 2. The molecule has 0 saturated heterocycles. The highest BCUT2D eigenvalue weighted by Gasteiger charge is 2.36. The maximum Gasteiger partial charge on any atom is 0.355 e. The Morgan fingerprint density at radius 1 is 1.15 bits per heavy atom. The number of hydrogen-bond donors (Lipinski definition) is 1. The van der Waals surface area contributed by atoms with E-state index in [4.69, 9.17) is 14.2 Å². The predicted molar refractivity (Wildman–Crippen MR) is 94.1 cm³/mol. The van der Waals surface area contributed by atoms with E-state index in [1.807, 2.05) is 0 Å². The topological polar surface area (TPSA) is 111 Å². The second-order valence-corrected chi connectivity index (χ2v) is 7.76. The average Bonchev–Trinajstić information content (AvgIpc) is 3.49. The van der Waals surface area contributed by atoms with Gasteiger partial charge in [-0.1, -0.05) is 12.1 Å². The number of anilines is 1. The van der Waals surface area contributed by atoms with E-state index in [1.165, 1.54) is 31.3 Å². The number of para-hydroxylation sites is 1. The monoisotopic (exact) mass is 396 g/mol. The van der Waals surface area contributed by atoms with Crippen molar-refractivity contribution in [1.29, 1.82) is 0 Å². The average molecular weight is 396 g/mol. The minimum absolute atomic E-state index is 0.0204. The SMILES string of the molecule is COC(=O)C1=C(C(=O)OC)N(c2ccccc2S(=O)(=O)NC2CC2)COC1. The summed E-state index contributed by atoms with van der Waals surface area (Å²) < 4.78 is 43.0. The molecule has 2 aliphatic rings. The molecule has 1 aromatic rings. The lowest BCUT2D eigenvalue weighted by Gasteiger charge is -2.32. The second-order valence-electron chi connectivity index (χ2n) is 6.08. The number of hydrogen-bond acceptors (Lipinski definition) is 8. The molecule has 0 spiro atoms. The number of methoxy groups -OCH3 is 2. The van der Waals surface area contributed by atoms with Gasteiger partial charge in [-0.25, -0.2) is 22.7 Å². The van der Waals surface area contributed by atoms with Crippen LogP contribution in [-0.2, 0) is 33.8 Å². The Morgan fingerprint density at radius 2 is 1.81 bits per heavy atom. The highest BCUT2D eigenvalue weighted by Crippen LogP contribution is 2.33. The molecule has 0 unspecified atom stereocenters. The number of sulfonamides is 1. The highest BCUT2D eigenvalue weighted by molar-refractivity contribution is 7.89. The zero-order valence-electron chi connectivity index (χ0n) is 14.9. The molecule has 27 heavy (non-hydrogen) atoms. The van der Waals surface area contributed by atoms with Crippen LogP contribution < -0.4 is 9.62 Å². The van der Waals surface area contributed by atoms with Gasteiger partial charge in [0.15, 0.2) is 0 Å². The molecule has 3 rings (SSSR count). The van der Waals surface area contributed by atoms with E-state index in [9.17, 15) is 18.0 Å². The lowest BCUT2D eigenvalue weighted by Crippen LogP contribution is -2.40. The molecule has 1 aromatic carbocycles. The summed E-state index contributed by atoms with van der Waals surface area (Å²) in [7, 11) is -1.46. The van der Waals surface area contributed by atoms with Crippen molar-refractivity contribution in [3.8, 4) is 0 Å². The molecule has 0 atom stereocenters. The fourth-order valence-corrected chi connectivity index (χ4v) is 4.24. The summed E-state index contributed by atoms with van der Waals surface area (Å²) >= 11 is 0. The molecule has 0 amide bonds. The molecule has 0 bridgehead atoms. The largest absolute Gasteiger partial charge is 0.466 e. The quantitative estimate of drug-likeness (QED) is 0.693. The smallest absolute Gasteiger partial charge is 0.355 e. The van der Waals surface area contributed by atoms with Gasteiger partial charge in [0, 0.05) is 6.04 Å². The number of rotatable bonds is 6. The van der Waals surface area contributed by atoms with Crippen molar-refractivity contribution < 1.29 is 32.2 Å². The van der Waals surface area contributed by atoms with Gasteiger partial charge in [0.1, 0.15) is 17.3 Å². The third-order valence-corrected chi connectivity index (χ3v) is 5.75. The third kappa shape index (κ3) is 3.97. The lowest BCUT2D eigenvalue weighted by atomic mass is 10.1. The number of nitrogens with one attached hydrogen (secondary N) is 1. The molecule has 1 fully saturated rings. The van der Waals surface area contributed by atoms with Crippen LogP contribution in [0.2, 0.25) is 0 Å². The number of benzene rings is 1. The summed E-state index contributed by atoms with van der Waals surface area (Å²) in [6.07, 6.45) is 1.57. The van der Waals surface area contributed by atoms with Crippen LogP contribution >= 0.6 is 0 Å². The Bertz CT molecular complexity index is 890. The van der Waals surface area contributed by atoms with E-state index in [0.29, 0.717) is 0 Å². The van der Waals surface area contributed by atoms with Crippen molar-refractivity contribution >= 4 is 27.6 Å². The molecule has 0 radical (unpaired) electrons. The zero-order valence-corrected chi connectivity index (χ0v) is 15.7. The van der Waals surface area contributed by atoms with Crippen LogP contribution in [0.4, 0.5) is 5.69 Å². The Hall–Kier alpha value is -2.43. The van der Waals surface area contributed by atoms with Gasteiger partial charge >= 0.3 is 11.9 Å². The van der Waals surface area contributed by atoms with E-state index < -0.39 is 22.0 Å². The minimum atomic E-state index is -3.81. The normalized spacial score (nSPS) is 17.6. The van der Waals surface area contributed by atoms with Crippen LogP contribution in [0.25, 0.3) is 0 Å². The van der Waals surface area contributed by atoms with Gasteiger partial charge in [-0.3, -0.25) is 0 Å². The van der Waals surface area contributed by atoms with Gasteiger partial charge in [0.05, 0.1) is 32.1 Å². The predicted octanol–water partition coefficient (Wildman–Crippen LogP) is 0.521. The Balaban J connectivity index is 2.11. The summed E-state index contributed by atoms with van der Waals surface area (Å²) in [6, 6.07) is 6.10. The van der Waals surface area contributed by atoms with Crippen molar-refractivity contribution in [1.82, 2.24) is 4.72 Å². The van der Waals surface area contributed by atoms with Gasteiger partial charge in [0.2, 0.25) is 10.0 Å².